The van der Waals surface area contributed by atoms with Crippen molar-refractivity contribution in [3.05, 3.63) is 20.8 Å². The second kappa shape index (κ2) is 4.99. The molecule has 0 atom stereocenters. The quantitative estimate of drug-likeness (QED) is 0.623. The summed E-state index contributed by atoms with van der Waals surface area (Å²) in [6, 6.07) is 0. The van der Waals surface area contributed by atoms with Gasteiger partial charge < -0.3 is 10.6 Å². The molecule has 0 saturated heterocycles. The first-order valence-corrected chi connectivity index (χ1v) is 4.54. The van der Waals surface area contributed by atoms with Crippen LogP contribution in [0, 0.1) is 0 Å². The van der Waals surface area contributed by atoms with E-state index in [1.165, 1.54) is 0 Å². The molecule has 17 heavy (non-hydrogen) atoms. The molecule has 96 valence electrons. The molecule has 0 unspecified atom stereocenters. The van der Waals surface area contributed by atoms with Gasteiger partial charge in [-0.15, -0.1) is 5.10 Å². The average molecular weight is 253 g/mol. The summed E-state index contributed by atoms with van der Waals surface area (Å²) in [7, 11) is 0. The summed E-state index contributed by atoms with van der Waals surface area (Å²) >= 11 is 0. The minimum atomic E-state index is -4.50. The molecule has 0 aliphatic carbocycles. The first-order chi connectivity index (χ1) is 7.83. The van der Waals surface area contributed by atoms with Crippen LogP contribution in [0.4, 0.5) is 19.0 Å². The number of hydrogen-bond acceptors (Lipinski definition) is 5. The Morgan fingerprint density at radius 2 is 2.00 bits per heavy atom. The smallest absolute Gasteiger partial charge is 0.340 e. The number of nitrogens with two attached hydrogens (primary N) is 1. The molecule has 1 heterocycles. The van der Waals surface area contributed by atoms with Gasteiger partial charge in [-0.1, -0.05) is 0 Å². The number of aromatic nitrogens is 3. The predicted octanol–water partition coefficient (Wildman–Crippen LogP) is -1.21. The third kappa shape index (κ3) is 3.90. The van der Waals surface area contributed by atoms with Gasteiger partial charge in [0.1, 0.15) is 6.54 Å². The van der Waals surface area contributed by atoms with Crippen molar-refractivity contribution in [1.82, 2.24) is 15.2 Å². The van der Waals surface area contributed by atoms with Crippen LogP contribution in [-0.4, -0.2) is 41.0 Å². The molecule has 0 fully saturated rings. The van der Waals surface area contributed by atoms with Crippen LogP contribution < -0.4 is 21.9 Å². The third-order valence-electron chi connectivity index (χ3n) is 1.76. The highest BCUT2D eigenvalue weighted by Crippen LogP contribution is 2.17. The van der Waals surface area contributed by atoms with E-state index in [0.29, 0.717) is 4.90 Å². The summed E-state index contributed by atoms with van der Waals surface area (Å²) in [5.41, 5.74) is 3.26. The molecule has 0 bridgehead atoms. The van der Waals surface area contributed by atoms with Gasteiger partial charge in [-0.25, -0.2) is 9.89 Å². The minimum absolute atomic E-state index is 0.0870. The molecule has 0 saturated carbocycles. The number of rotatable bonds is 4. The van der Waals surface area contributed by atoms with Crippen molar-refractivity contribution < 1.29 is 13.2 Å². The van der Waals surface area contributed by atoms with Crippen molar-refractivity contribution in [2.75, 3.05) is 24.5 Å². The van der Waals surface area contributed by atoms with E-state index in [0.717, 1.165) is 0 Å². The fourth-order valence-corrected chi connectivity index (χ4v) is 1.19. The molecule has 1 rings (SSSR count). The zero-order valence-corrected chi connectivity index (χ0v) is 8.54. The van der Waals surface area contributed by atoms with Gasteiger partial charge in [0.15, 0.2) is 0 Å². The lowest BCUT2D eigenvalue weighted by Crippen LogP contribution is -2.42. The van der Waals surface area contributed by atoms with Crippen molar-refractivity contribution >= 4 is 5.82 Å². The molecule has 1 aromatic heterocycles. The molecule has 1 aromatic rings. The van der Waals surface area contributed by atoms with Crippen LogP contribution in [0.25, 0.3) is 0 Å². The highest BCUT2D eigenvalue weighted by Gasteiger charge is 2.32. The maximum Gasteiger partial charge on any atom is 0.405 e. The Kier molecular flexibility index (Phi) is 3.89. The van der Waals surface area contributed by atoms with Gasteiger partial charge in [0.05, 0.1) is 0 Å². The van der Waals surface area contributed by atoms with E-state index in [9.17, 15) is 22.8 Å². The van der Waals surface area contributed by atoms with Crippen LogP contribution in [0.3, 0.4) is 0 Å². The molecule has 10 heteroatoms. The van der Waals surface area contributed by atoms with Crippen molar-refractivity contribution in [3.8, 4) is 0 Å². The van der Waals surface area contributed by atoms with E-state index >= 15 is 0 Å². The largest absolute Gasteiger partial charge is 0.405 e. The third-order valence-corrected chi connectivity index (χ3v) is 1.76. The molecule has 0 radical (unpaired) electrons. The monoisotopic (exact) mass is 253 g/mol. The molecular weight excluding hydrogens is 243 g/mol. The summed E-state index contributed by atoms with van der Waals surface area (Å²) in [6.45, 7) is -1.66. The number of nitrogens with zero attached hydrogens (tertiary/aromatic N) is 2. The number of nitrogens with one attached hydrogen (secondary N) is 2. The van der Waals surface area contributed by atoms with Crippen molar-refractivity contribution in [2.45, 2.75) is 6.18 Å². The zero-order valence-electron chi connectivity index (χ0n) is 8.54. The van der Waals surface area contributed by atoms with Gasteiger partial charge in [0.25, 0.3) is 5.56 Å². The molecule has 7 nitrogen and oxygen atoms in total. The Labute approximate surface area is 92.4 Å². The normalized spacial score (nSPS) is 11.5. The minimum Gasteiger partial charge on any atom is -0.340 e. The number of aromatic amines is 2. The van der Waals surface area contributed by atoms with Gasteiger partial charge in [-0.05, 0) is 0 Å². The van der Waals surface area contributed by atoms with Crippen LogP contribution in [-0.2, 0) is 0 Å². The van der Waals surface area contributed by atoms with E-state index in [-0.39, 0.29) is 13.1 Å². The zero-order chi connectivity index (χ0) is 13.1. The highest BCUT2D eigenvalue weighted by atomic mass is 19.4. The van der Waals surface area contributed by atoms with Gasteiger partial charge in [-0.2, -0.15) is 13.2 Å². The second-order valence-corrected chi connectivity index (χ2v) is 3.16. The standard InChI is InChI=1S/C7H10F3N5O2/c8-7(9,10)3-15(2-1-11)4-5(16)12-6(17)14-13-4/h1-3,11H2,(H2,12,14,16,17). The van der Waals surface area contributed by atoms with Crippen molar-refractivity contribution in [3.63, 3.8) is 0 Å². The topological polar surface area (TPSA) is 108 Å². The fourth-order valence-electron chi connectivity index (χ4n) is 1.19. The Morgan fingerprint density at radius 1 is 1.35 bits per heavy atom. The number of hydrogen-bond donors (Lipinski definition) is 3. The maximum absolute atomic E-state index is 12.2. The molecule has 0 aliphatic rings. The van der Waals surface area contributed by atoms with E-state index < -0.39 is 29.8 Å². The summed E-state index contributed by atoms with van der Waals surface area (Å²) in [6.07, 6.45) is -4.50. The number of halogens is 3. The average Bonchev–Trinajstić information content (AvgIpc) is 2.14. The van der Waals surface area contributed by atoms with Crippen LogP contribution in [0.2, 0.25) is 0 Å². The summed E-state index contributed by atoms with van der Waals surface area (Å²) < 4.78 is 36.7. The Balaban J connectivity index is 3.05. The van der Waals surface area contributed by atoms with E-state index in [1.807, 2.05) is 5.10 Å². The van der Waals surface area contributed by atoms with Gasteiger partial charge in [0.2, 0.25) is 5.82 Å². The molecular formula is C7H10F3N5O2. The Morgan fingerprint density at radius 3 is 2.47 bits per heavy atom. The Bertz CT molecular complexity index is 479. The van der Waals surface area contributed by atoms with Crippen LogP contribution in [0.1, 0.15) is 0 Å². The molecule has 0 aliphatic heterocycles. The lowest BCUT2D eigenvalue weighted by molar-refractivity contribution is -0.119. The molecule has 0 amide bonds. The molecule has 4 N–H and O–H groups in total. The summed E-state index contributed by atoms with van der Waals surface area (Å²) in [5, 5.41) is 5.12. The van der Waals surface area contributed by atoms with Crippen LogP contribution in [0.5, 0.6) is 0 Å². The van der Waals surface area contributed by atoms with Crippen molar-refractivity contribution in [1.29, 1.82) is 0 Å². The molecule has 0 aromatic carbocycles. The fraction of sp³-hybridized carbons (Fsp3) is 0.571. The van der Waals surface area contributed by atoms with E-state index in [1.54, 1.807) is 4.98 Å². The summed E-state index contributed by atoms with van der Waals surface area (Å²) in [5.74, 6) is -0.521. The first kappa shape index (κ1) is 13.2. The summed E-state index contributed by atoms with van der Waals surface area (Å²) in [4.78, 5) is 24.4. The number of alkyl halides is 3. The van der Waals surface area contributed by atoms with E-state index in [2.05, 4.69) is 5.10 Å². The van der Waals surface area contributed by atoms with E-state index in [4.69, 9.17) is 5.73 Å². The lowest BCUT2D eigenvalue weighted by Gasteiger charge is -2.22. The molecule has 0 spiro atoms. The van der Waals surface area contributed by atoms with Crippen LogP contribution >= 0.6 is 0 Å². The van der Waals surface area contributed by atoms with Gasteiger partial charge >= 0.3 is 11.9 Å². The second-order valence-electron chi connectivity index (χ2n) is 3.16. The van der Waals surface area contributed by atoms with Crippen LogP contribution in [0.15, 0.2) is 9.59 Å². The van der Waals surface area contributed by atoms with Gasteiger partial charge in [0, 0.05) is 13.1 Å². The number of H-pyrrole nitrogens is 2. The lowest BCUT2D eigenvalue weighted by atomic mass is 10.4. The van der Waals surface area contributed by atoms with Gasteiger partial charge in [-0.3, -0.25) is 9.78 Å². The predicted molar refractivity (Wildman–Crippen MR) is 52.8 cm³/mol. The Hall–Kier alpha value is -1.84. The maximum atomic E-state index is 12.2. The number of anilines is 1. The van der Waals surface area contributed by atoms with Crippen molar-refractivity contribution in [2.24, 2.45) is 5.73 Å². The first-order valence-electron chi connectivity index (χ1n) is 4.54. The SMILES string of the molecule is NCCN(CC(F)(F)F)c1n[nH]c(=O)[nH]c1=O. The highest BCUT2D eigenvalue weighted by molar-refractivity contribution is 5.34.